The number of anilines is 2. The third kappa shape index (κ3) is 6.72. The largest absolute Gasteiger partial charge is 0.481 e. The zero-order valence-corrected chi connectivity index (χ0v) is 22.4. The number of amides is 1. The molecule has 0 saturated heterocycles. The van der Waals surface area contributed by atoms with Gasteiger partial charge in [0, 0.05) is 28.7 Å². The van der Waals surface area contributed by atoms with Crippen LogP contribution in [0, 0.1) is 0 Å². The number of nitrogens with one attached hydrogen (secondary N) is 1. The Labute approximate surface area is 237 Å². The summed E-state index contributed by atoms with van der Waals surface area (Å²) in [6, 6.07) is 25.7. The molecule has 0 atom stereocenters. The lowest BCUT2D eigenvalue weighted by molar-refractivity contribution is -0.138. The first-order valence-corrected chi connectivity index (χ1v) is 13.5. The zero-order valence-electron chi connectivity index (χ0n) is 21.6. The van der Waals surface area contributed by atoms with Crippen LogP contribution >= 0.6 is 11.3 Å². The van der Waals surface area contributed by atoms with Gasteiger partial charge in [0.2, 0.25) is 0 Å². The minimum absolute atomic E-state index is 0.0151. The van der Waals surface area contributed by atoms with Gasteiger partial charge in [-0.1, -0.05) is 48.5 Å². The maximum atomic E-state index is 13.2. The molecule has 4 aromatic carbocycles. The van der Waals surface area contributed by atoms with E-state index >= 15 is 0 Å². The standard InChI is InChI=1S/C31H24F3N3O3S/c32-31(33,34)25-11-13-26(14-12-25)37(18-20-5-7-22(8-6-20)29(40)35-16-15-28(38)39)30-36-27(19-41-30)24-10-9-21-3-1-2-4-23(21)17-24/h1-14,17,19H,15-16,18H2,(H,35,40)(H,38,39). The fraction of sp³-hybridized carbons (Fsp3) is 0.129. The van der Waals surface area contributed by atoms with Crippen molar-refractivity contribution in [2.75, 3.05) is 11.4 Å². The van der Waals surface area contributed by atoms with E-state index in [1.54, 1.807) is 24.3 Å². The number of hydrogen-bond donors (Lipinski definition) is 2. The van der Waals surface area contributed by atoms with Crippen LogP contribution in [0.3, 0.4) is 0 Å². The minimum Gasteiger partial charge on any atom is -0.481 e. The van der Waals surface area contributed by atoms with Crippen LogP contribution in [-0.2, 0) is 17.5 Å². The number of aromatic nitrogens is 1. The highest BCUT2D eigenvalue weighted by Crippen LogP contribution is 2.36. The van der Waals surface area contributed by atoms with E-state index < -0.39 is 23.6 Å². The number of aliphatic carboxylic acids is 1. The number of thiazole rings is 1. The molecule has 0 aliphatic rings. The number of carboxylic acid groups (broad SMARTS) is 1. The third-order valence-electron chi connectivity index (χ3n) is 6.46. The topological polar surface area (TPSA) is 82.5 Å². The van der Waals surface area contributed by atoms with Crippen molar-refractivity contribution in [3.8, 4) is 11.3 Å². The lowest BCUT2D eigenvalue weighted by atomic mass is 10.1. The van der Waals surface area contributed by atoms with Crippen molar-refractivity contribution in [2.45, 2.75) is 19.1 Å². The Morgan fingerprint density at radius 1 is 0.902 bits per heavy atom. The summed E-state index contributed by atoms with van der Waals surface area (Å²) < 4.78 is 39.7. The minimum atomic E-state index is -4.45. The molecule has 0 bridgehead atoms. The summed E-state index contributed by atoms with van der Waals surface area (Å²) in [5, 5.41) is 16.0. The van der Waals surface area contributed by atoms with Crippen LogP contribution in [0.15, 0.2) is 96.4 Å². The zero-order chi connectivity index (χ0) is 29.0. The van der Waals surface area contributed by atoms with E-state index in [-0.39, 0.29) is 19.5 Å². The van der Waals surface area contributed by atoms with Gasteiger partial charge >= 0.3 is 12.1 Å². The maximum Gasteiger partial charge on any atom is 0.416 e. The van der Waals surface area contributed by atoms with E-state index in [4.69, 9.17) is 10.1 Å². The lowest BCUT2D eigenvalue weighted by Crippen LogP contribution is -2.26. The highest BCUT2D eigenvalue weighted by Gasteiger charge is 2.30. The van der Waals surface area contributed by atoms with Crippen molar-refractivity contribution in [1.82, 2.24) is 10.3 Å². The number of benzene rings is 4. The Bertz CT molecular complexity index is 1680. The van der Waals surface area contributed by atoms with Crippen molar-refractivity contribution in [1.29, 1.82) is 0 Å². The Morgan fingerprint density at radius 3 is 2.29 bits per heavy atom. The fourth-order valence-electron chi connectivity index (χ4n) is 4.30. The number of alkyl halides is 3. The predicted octanol–water partition coefficient (Wildman–Crippen LogP) is 7.52. The summed E-state index contributed by atoms with van der Waals surface area (Å²) in [6.07, 6.45) is -4.63. The van der Waals surface area contributed by atoms with E-state index in [9.17, 15) is 22.8 Å². The van der Waals surface area contributed by atoms with E-state index in [2.05, 4.69) is 11.4 Å². The second-order valence-electron chi connectivity index (χ2n) is 9.30. The first-order valence-electron chi connectivity index (χ1n) is 12.7. The van der Waals surface area contributed by atoms with Crippen LogP contribution < -0.4 is 10.2 Å². The number of carbonyl (C=O) groups excluding carboxylic acids is 1. The smallest absolute Gasteiger partial charge is 0.416 e. The summed E-state index contributed by atoms with van der Waals surface area (Å²) in [5.74, 6) is -1.40. The summed E-state index contributed by atoms with van der Waals surface area (Å²) in [5.41, 5.74) is 2.64. The second kappa shape index (κ2) is 11.8. The van der Waals surface area contributed by atoms with E-state index in [1.807, 2.05) is 46.7 Å². The fourth-order valence-corrected chi connectivity index (χ4v) is 5.15. The molecule has 208 valence electrons. The molecule has 6 nitrogen and oxygen atoms in total. The molecule has 1 aromatic heterocycles. The van der Waals surface area contributed by atoms with Crippen LogP contribution in [0.5, 0.6) is 0 Å². The molecule has 0 saturated carbocycles. The molecule has 5 aromatic rings. The van der Waals surface area contributed by atoms with Gasteiger partial charge in [0.25, 0.3) is 5.91 Å². The van der Waals surface area contributed by atoms with Gasteiger partial charge in [0.05, 0.1) is 24.2 Å². The number of hydrogen-bond acceptors (Lipinski definition) is 5. The number of nitrogens with zero attached hydrogens (tertiary/aromatic N) is 2. The molecule has 0 unspecified atom stereocenters. The number of fused-ring (bicyclic) bond motifs is 1. The Kier molecular flexibility index (Phi) is 8.02. The van der Waals surface area contributed by atoms with Crippen molar-refractivity contribution >= 4 is 44.8 Å². The van der Waals surface area contributed by atoms with Crippen LogP contribution in [0.1, 0.15) is 27.9 Å². The summed E-state index contributed by atoms with van der Waals surface area (Å²) in [7, 11) is 0. The molecule has 0 fully saturated rings. The molecule has 0 spiro atoms. The molecular weight excluding hydrogens is 551 g/mol. The highest BCUT2D eigenvalue weighted by molar-refractivity contribution is 7.14. The molecule has 2 N–H and O–H groups in total. The van der Waals surface area contributed by atoms with Crippen molar-refractivity contribution in [2.24, 2.45) is 0 Å². The highest BCUT2D eigenvalue weighted by atomic mass is 32.1. The maximum absolute atomic E-state index is 13.2. The average Bonchev–Trinajstić information content (AvgIpc) is 3.45. The molecule has 1 heterocycles. The molecular formula is C31H24F3N3O3S. The SMILES string of the molecule is O=C(O)CCNC(=O)c1ccc(CN(c2ccc(C(F)(F)F)cc2)c2nc(-c3ccc4ccccc4c3)cs2)cc1. The molecule has 0 radical (unpaired) electrons. The molecule has 0 aliphatic carbocycles. The molecule has 41 heavy (non-hydrogen) atoms. The van der Waals surface area contributed by atoms with E-state index in [0.29, 0.717) is 16.4 Å². The van der Waals surface area contributed by atoms with Gasteiger partial charge in [-0.05, 0) is 58.8 Å². The van der Waals surface area contributed by atoms with Crippen molar-refractivity contribution in [3.63, 3.8) is 0 Å². The average molecular weight is 576 g/mol. The quantitative estimate of drug-likeness (QED) is 0.190. The summed E-state index contributed by atoms with van der Waals surface area (Å²) in [4.78, 5) is 29.7. The van der Waals surface area contributed by atoms with Crippen molar-refractivity contribution in [3.05, 3.63) is 113 Å². The number of halogens is 3. The van der Waals surface area contributed by atoms with Gasteiger partial charge in [-0.2, -0.15) is 13.2 Å². The first kappa shape index (κ1) is 27.9. The number of carboxylic acids is 1. The van der Waals surface area contributed by atoms with Gasteiger partial charge in [-0.3, -0.25) is 9.59 Å². The Hall–Kier alpha value is -4.70. The van der Waals surface area contributed by atoms with E-state index in [1.165, 1.54) is 23.5 Å². The predicted molar refractivity (Wildman–Crippen MR) is 153 cm³/mol. The molecule has 0 aliphatic heterocycles. The van der Waals surface area contributed by atoms with Crippen molar-refractivity contribution < 1.29 is 27.9 Å². The second-order valence-corrected chi connectivity index (χ2v) is 10.1. The van der Waals surface area contributed by atoms with Crippen LogP contribution in [-0.4, -0.2) is 28.5 Å². The molecule has 1 amide bonds. The van der Waals surface area contributed by atoms with Gasteiger partial charge < -0.3 is 15.3 Å². The Morgan fingerprint density at radius 2 is 1.61 bits per heavy atom. The van der Waals surface area contributed by atoms with Gasteiger partial charge in [-0.25, -0.2) is 4.98 Å². The normalized spacial score (nSPS) is 11.4. The van der Waals surface area contributed by atoms with E-state index in [0.717, 1.165) is 39.7 Å². The summed E-state index contributed by atoms with van der Waals surface area (Å²) >= 11 is 1.38. The molecule has 10 heteroatoms. The lowest BCUT2D eigenvalue weighted by Gasteiger charge is -2.23. The first-order chi connectivity index (χ1) is 19.7. The monoisotopic (exact) mass is 575 g/mol. The summed E-state index contributed by atoms with van der Waals surface area (Å²) in [6.45, 7) is 0.304. The third-order valence-corrected chi connectivity index (χ3v) is 7.32. The number of carbonyl (C=O) groups is 2. The Balaban J connectivity index is 1.42. The van der Waals surface area contributed by atoms with Crippen LogP contribution in [0.25, 0.3) is 22.0 Å². The number of rotatable bonds is 9. The molecule has 5 rings (SSSR count). The van der Waals surface area contributed by atoms with Gasteiger partial charge in [0.15, 0.2) is 5.13 Å². The van der Waals surface area contributed by atoms with Crippen LogP contribution in [0.4, 0.5) is 24.0 Å². The van der Waals surface area contributed by atoms with Crippen LogP contribution in [0.2, 0.25) is 0 Å². The van der Waals surface area contributed by atoms with Gasteiger partial charge in [-0.15, -0.1) is 11.3 Å². The van der Waals surface area contributed by atoms with Gasteiger partial charge in [0.1, 0.15) is 0 Å².